The van der Waals surface area contributed by atoms with E-state index in [1.54, 1.807) is 26.8 Å². The Kier molecular flexibility index (Phi) is 5.74. The fourth-order valence-electron chi connectivity index (χ4n) is 3.85. The van der Waals surface area contributed by atoms with E-state index in [2.05, 4.69) is 0 Å². The molecule has 158 valence electrons. The van der Waals surface area contributed by atoms with E-state index in [1.807, 2.05) is 31.2 Å². The molecule has 2 aliphatic rings. The molecule has 1 saturated heterocycles. The molecule has 0 bridgehead atoms. The molecular formula is C22H25N3O5. The minimum absolute atomic E-state index is 0.0232. The zero-order chi connectivity index (χ0) is 21.1. The monoisotopic (exact) mass is 411 g/mol. The lowest BCUT2D eigenvalue weighted by molar-refractivity contribution is -0.132. The first kappa shape index (κ1) is 20.0. The van der Waals surface area contributed by atoms with Crippen molar-refractivity contribution in [3.8, 4) is 5.75 Å². The predicted octanol–water partition coefficient (Wildman–Crippen LogP) is 2.16. The van der Waals surface area contributed by atoms with Crippen molar-refractivity contribution >= 4 is 23.4 Å². The second kappa shape index (κ2) is 8.61. The number of hydrogen-bond acceptors (Lipinski definition) is 5. The van der Waals surface area contributed by atoms with Crippen LogP contribution in [0.3, 0.4) is 0 Å². The first-order valence-electron chi connectivity index (χ1n) is 10.3. The molecule has 2 aromatic rings. The number of fused-ring (bicyclic) bond motifs is 1. The molecule has 0 N–H and O–H groups in total. The van der Waals surface area contributed by atoms with Crippen LogP contribution < -0.4 is 9.64 Å². The molecule has 1 atom stereocenters. The molecule has 3 heterocycles. The first-order chi connectivity index (χ1) is 14.6. The van der Waals surface area contributed by atoms with E-state index in [0.717, 1.165) is 0 Å². The summed E-state index contributed by atoms with van der Waals surface area (Å²) >= 11 is 0. The van der Waals surface area contributed by atoms with Gasteiger partial charge in [0, 0.05) is 39.1 Å². The van der Waals surface area contributed by atoms with Crippen LogP contribution >= 0.6 is 0 Å². The highest BCUT2D eigenvalue weighted by atomic mass is 16.5. The van der Waals surface area contributed by atoms with Crippen LogP contribution in [0.4, 0.5) is 5.69 Å². The third kappa shape index (κ3) is 3.90. The highest BCUT2D eigenvalue weighted by Crippen LogP contribution is 2.34. The van der Waals surface area contributed by atoms with Gasteiger partial charge in [-0.15, -0.1) is 0 Å². The van der Waals surface area contributed by atoms with Gasteiger partial charge in [-0.25, -0.2) is 0 Å². The number of furan rings is 1. The summed E-state index contributed by atoms with van der Waals surface area (Å²) in [5, 5.41) is 0. The van der Waals surface area contributed by atoms with Crippen molar-refractivity contribution < 1.29 is 23.5 Å². The average molecular weight is 411 g/mol. The standard InChI is InChI=1S/C22H25N3O5/c1-2-17-22(28)25(16-6-3-4-7-18(16)30-17)10-9-20(26)23-11-13-24(14-12-23)21(27)19-8-5-15-29-19/h3-8,15,17H,2,9-14H2,1H3. The highest BCUT2D eigenvalue weighted by Gasteiger charge is 2.34. The summed E-state index contributed by atoms with van der Waals surface area (Å²) in [6.07, 6.45) is 1.75. The molecule has 1 aromatic heterocycles. The van der Waals surface area contributed by atoms with Crippen LogP contribution in [0.5, 0.6) is 5.75 Å². The van der Waals surface area contributed by atoms with Gasteiger partial charge in [0.15, 0.2) is 11.9 Å². The Labute approximate surface area is 175 Å². The van der Waals surface area contributed by atoms with Gasteiger partial charge in [-0.05, 0) is 30.7 Å². The van der Waals surface area contributed by atoms with Crippen molar-refractivity contribution in [2.24, 2.45) is 0 Å². The van der Waals surface area contributed by atoms with Gasteiger partial charge in [-0.2, -0.15) is 0 Å². The van der Waals surface area contributed by atoms with E-state index in [1.165, 1.54) is 6.26 Å². The van der Waals surface area contributed by atoms with E-state index in [0.29, 0.717) is 56.3 Å². The number of nitrogens with zero attached hydrogens (tertiary/aromatic N) is 3. The lowest BCUT2D eigenvalue weighted by Gasteiger charge is -2.36. The summed E-state index contributed by atoms with van der Waals surface area (Å²) in [6.45, 7) is 4.07. The highest BCUT2D eigenvalue weighted by molar-refractivity contribution is 6.00. The molecule has 1 fully saturated rings. The van der Waals surface area contributed by atoms with Gasteiger partial charge < -0.3 is 23.9 Å². The SMILES string of the molecule is CCC1Oc2ccccc2N(CCC(=O)N2CCN(C(=O)c3ccco3)CC2)C1=O. The van der Waals surface area contributed by atoms with E-state index < -0.39 is 6.10 Å². The Morgan fingerprint density at radius 2 is 1.77 bits per heavy atom. The van der Waals surface area contributed by atoms with Crippen molar-refractivity contribution in [2.75, 3.05) is 37.6 Å². The molecule has 0 radical (unpaired) electrons. The van der Waals surface area contributed by atoms with E-state index in [4.69, 9.17) is 9.15 Å². The number of carbonyl (C=O) groups is 3. The Morgan fingerprint density at radius 3 is 2.47 bits per heavy atom. The number of hydrogen-bond donors (Lipinski definition) is 0. The summed E-state index contributed by atoms with van der Waals surface area (Å²) in [6, 6.07) is 10.7. The van der Waals surface area contributed by atoms with Crippen LogP contribution in [0, 0.1) is 0 Å². The van der Waals surface area contributed by atoms with Gasteiger partial charge in [0.2, 0.25) is 5.91 Å². The summed E-state index contributed by atoms with van der Waals surface area (Å²) in [5.74, 6) is 0.683. The Balaban J connectivity index is 1.34. The van der Waals surface area contributed by atoms with Gasteiger partial charge >= 0.3 is 0 Å². The number of anilines is 1. The maximum atomic E-state index is 12.8. The van der Waals surface area contributed by atoms with Gasteiger partial charge in [-0.1, -0.05) is 19.1 Å². The van der Waals surface area contributed by atoms with Crippen LogP contribution in [-0.2, 0) is 9.59 Å². The third-order valence-corrected chi connectivity index (χ3v) is 5.54. The number of rotatable bonds is 5. The second-order valence-electron chi connectivity index (χ2n) is 7.37. The lowest BCUT2D eigenvalue weighted by atomic mass is 10.1. The molecular weight excluding hydrogens is 386 g/mol. The van der Waals surface area contributed by atoms with Gasteiger partial charge in [0.05, 0.1) is 12.0 Å². The molecule has 1 unspecified atom stereocenters. The summed E-state index contributed by atoms with van der Waals surface area (Å²) in [4.78, 5) is 43.0. The third-order valence-electron chi connectivity index (χ3n) is 5.54. The zero-order valence-electron chi connectivity index (χ0n) is 17.0. The van der Waals surface area contributed by atoms with Crippen molar-refractivity contribution in [3.63, 3.8) is 0 Å². The normalized spacial score (nSPS) is 18.8. The minimum atomic E-state index is -0.522. The molecule has 2 aliphatic heterocycles. The molecule has 8 heteroatoms. The topological polar surface area (TPSA) is 83.3 Å². The van der Waals surface area contributed by atoms with Crippen LogP contribution in [0.15, 0.2) is 47.1 Å². The molecule has 8 nitrogen and oxygen atoms in total. The number of piperazine rings is 1. The number of amides is 3. The maximum absolute atomic E-state index is 12.8. The fourth-order valence-corrected chi connectivity index (χ4v) is 3.85. The van der Waals surface area contributed by atoms with Crippen LogP contribution in [0.25, 0.3) is 0 Å². The van der Waals surface area contributed by atoms with Crippen LogP contribution in [0.1, 0.15) is 30.3 Å². The number of para-hydroxylation sites is 2. The van der Waals surface area contributed by atoms with E-state index >= 15 is 0 Å². The number of ether oxygens (including phenoxy) is 1. The fraction of sp³-hybridized carbons (Fsp3) is 0.409. The average Bonchev–Trinajstić information content (AvgIpc) is 3.32. The molecule has 30 heavy (non-hydrogen) atoms. The van der Waals surface area contributed by atoms with Crippen LogP contribution in [0.2, 0.25) is 0 Å². The van der Waals surface area contributed by atoms with Gasteiger partial charge in [-0.3, -0.25) is 14.4 Å². The summed E-state index contributed by atoms with van der Waals surface area (Å²) in [7, 11) is 0. The van der Waals surface area contributed by atoms with E-state index in [-0.39, 0.29) is 24.1 Å². The van der Waals surface area contributed by atoms with Gasteiger partial charge in [0.1, 0.15) is 5.75 Å². The predicted molar refractivity (Wildman–Crippen MR) is 109 cm³/mol. The molecule has 0 saturated carbocycles. The number of benzene rings is 1. The lowest BCUT2D eigenvalue weighted by Crippen LogP contribution is -2.51. The van der Waals surface area contributed by atoms with Crippen molar-refractivity contribution in [1.82, 2.24) is 9.80 Å². The second-order valence-corrected chi connectivity index (χ2v) is 7.37. The Morgan fingerprint density at radius 1 is 1.03 bits per heavy atom. The zero-order valence-corrected chi connectivity index (χ0v) is 17.0. The smallest absolute Gasteiger partial charge is 0.289 e. The Bertz CT molecular complexity index is 919. The molecule has 0 aliphatic carbocycles. The van der Waals surface area contributed by atoms with E-state index in [9.17, 15) is 14.4 Å². The first-order valence-corrected chi connectivity index (χ1v) is 10.3. The van der Waals surface area contributed by atoms with Crippen molar-refractivity contribution in [3.05, 3.63) is 48.4 Å². The quantitative estimate of drug-likeness (QED) is 0.753. The molecule has 1 aromatic carbocycles. The molecule has 4 rings (SSSR count). The minimum Gasteiger partial charge on any atom is -0.478 e. The molecule has 3 amide bonds. The van der Waals surface area contributed by atoms with Crippen molar-refractivity contribution in [2.45, 2.75) is 25.9 Å². The largest absolute Gasteiger partial charge is 0.478 e. The summed E-state index contributed by atoms with van der Waals surface area (Å²) < 4.78 is 10.9. The van der Waals surface area contributed by atoms with Gasteiger partial charge in [0.25, 0.3) is 11.8 Å². The maximum Gasteiger partial charge on any atom is 0.289 e. The van der Waals surface area contributed by atoms with Crippen molar-refractivity contribution in [1.29, 1.82) is 0 Å². The molecule has 0 spiro atoms. The number of carbonyl (C=O) groups excluding carboxylic acids is 3. The Hall–Kier alpha value is -3.29. The van der Waals surface area contributed by atoms with Crippen LogP contribution in [-0.4, -0.2) is 66.3 Å². The summed E-state index contributed by atoms with van der Waals surface area (Å²) in [5.41, 5.74) is 0.703.